The number of hydrogen-bond donors (Lipinski definition) is 1. The fraction of sp³-hybridized carbons (Fsp3) is 0.412. The van der Waals surface area contributed by atoms with Gasteiger partial charge in [-0.1, -0.05) is 19.1 Å². The van der Waals surface area contributed by atoms with Crippen LogP contribution in [0.4, 0.5) is 0 Å². The van der Waals surface area contributed by atoms with Gasteiger partial charge in [0.2, 0.25) is 0 Å². The second kappa shape index (κ2) is 5.71. The Morgan fingerprint density at radius 2 is 2.05 bits per heavy atom. The van der Waals surface area contributed by atoms with Crippen molar-refractivity contribution in [3.63, 3.8) is 0 Å². The molecule has 0 radical (unpaired) electrons. The Hall–Kier alpha value is -1.74. The zero-order chi connectivity index (χ0) is 13.9. The molecule has 0 amide bonds. The zero-order valence-corrected chi connectivity index (χ0v) is 11.8. The Kier molecular flexibility index (Phi) is 3.79. The molecule has 3 rings (SSSR count). The van der Waals surface area contributed by atoms with Gasteiger partial charge in [0.25, 0.3) is 0 Å². The SMILES string of the molecule is CCC(CO)c1nccc(-c2ccc3c(c2)CCC3)n1. The smallest absolute Gasteiger partial charge is 0.134 e. The Morgan fingerprint density at radius 3 is 2.85 bits per heavy atom. The summed E-state index contributed by atoms with van der Waals surface area (Å²) in [7, 11) is 0. The molecular weight excluding hydrogens is 248 g/mol. The maximum atomic E-state index is 9.39. The Morgan fingerprint density at radius 1 is 1.20 bits per heavy atom. The molecule has 0 bridgehead atoms. The summed E-state index contributed by atoms with van der Waals surface area (Å²) in [5.41, 5.74) is 5.04. The van der Waals surface area contributed by atoms with Crippen LogP contribution in [0, 0.1) is 0 Å². The monoisotopic (exact) mass is 268 g/mol. The van der Waals surface area contributed by atoms with Crippen LogP contribution in [-0.4, -0.2) is 21.7 Å². The highest BCUT2D eigenvalue weighted by Gasteiger charge is 2.14. The first-order chi connectivity index (χ1) is 9.81. The van der Waals surface area contributed by atoms with Crippen molar-refractivity contribution in [3.8, 4) is 11.3 Å². The molecule has 1 aliphatic rings. The minimum absolute atomic E-state index is 0.0318. The molecule has 20 heavy (non-hydrogen) atoms. The molecule has 0 spiro atoms. The number of aryl methyl sites for hydroxylation is 2. The summed E-state index contributed by atoms with van der Waals surface area (Å²) >= 11 is 0. The largest absolute Gasteiger partial charge is 0.396 e. The van der Waals surface area contributed by atoms with Crippen molar-refractivity contribution in [2.24, 2.45) is 0 Å². The minimum atomic E-state index is 0.0318. The third-order valence-corrected chi connectivity index (χ3v) is 4.15. The fourth-order valence-corrected chi connectivity index (χ4v) is 2.86. The molecule has 1 N–H and O–H groups in total. The molecule has 0 fully saturated rings. The quantitative estimate of drug-likeness (QED) is 0.926. The number of nitrogens with zero attached hydrogens (tertiary/aromatic N) is 2. The molecule has 1 aliphatic carbocycles. The highest BCUT2D eigenvalue weighted by molar-refractivity contribution is 5.61. The van der Waals surface area contributed by atoms with Crippen LogP contribution in [0.25, 0.3) is 11.3 Å². The van der Waals surface area contributed by atoms with Crippen molar-refractivity contribution in [1.29, 1.82) is 0 Å². The van der Waals surface area contributed by atoms with E-state index in [1.807, 2.05) is 13.0 Å². The van der Waals surface area contributed by atoms with Crippen molar-refractivity contribution in [3.05, 3.63) is 47.4 Å². The van der Waals surface area contributed by atoms with E-state index in [0.29, 0.717) is 0 Å². The predicted molar refractivity (Wildman–Crippen MR) is 79.6 cm³/mol. The van der Waals surface area contributed by atoms with Gasteiger partial charge in [-0.3, -0.25) is 0 Å². The highest BCUT2D eigenvalue weighted by Crippen LogP contribution is 2.27. The number of aliphatic hydroxyl groups excluding tert-OH is 1. The van der Waals surface area contributed by atoms with Gasteiger partial charge >= 0.3 is 0 Å². The van der Waals surface area contributed by atoms with Gasteiger partial charge < -0.3 is 5.11 Å². The van der Waals surface area contributed by atoms with Gasteiger partial charge in [0.15, 0.2) is 0 Å². The van der Waals surface area contributed by atoms with Crippen LogP contribution in [-0.2, 0) is 12.8 Å². The lowest BCUT2D eigenvalue weighted by Gasteiger charge is -2.11. The Labute approximate surface area is 119 Å². The first-order valence-corrected chi connectivity index (χ1v) is 7.37. The van der Waals surface area contributed by atoms with E-state index in [-0.39, 0.29) is 12.5 Å². The Balaban J connectivity index is 1.96. The van der Waals surface area contributed by atoms with Crippen LogP contribution in [0.5, 0.6) is 0 Å². The van der Waals surface area contributed by atoms with Crippen LogP contribution in [0.3, 0.4) is 0 Å². The lowest BCUT2D eigenvalue weighted by atomic mass is 10.0. The average Bonchev–Trinajstić information content (AvgIpc) is 2.96. The Bertz CT molecular complexity index is 606. The van der Waals surface area contributed by atoms with Crippen LogP contribution < -0.4 is 0 Å². The normalized spacial score (nSPS) is 15.1. The van der Waals surface area contributed by atoms with Gasteiger partial charge in [0.05, 0.1) is 12.3 Å². The van der Waals surface area contributed by atoms with E-state index in [0.717, 1.165) is 23.5 Å². The fourth-order valence-electron chi connectivity index (χ4n) is 2.86. The van der Waals surface area contributed by atoms with Gasteiger partial charge in [-0.05, 0) is 48.9 Å². The summed E-state index contributed by atoms with van der Waals surface area (Å²) in [6.45, 7) is 2.15. The number of benzene rings is 1. The van der Waals surface area contributed by atoms with Gasteiger partial charge in [-0.2, -0.15) is 0 Å². The van der Waals surface area contributed by atoms with Crippen molar-refractivity contribution < 1.29 is 5.11 Å². The van der Waals surface area contributed by atoms with Crippen LogP contribution in [0.15, 0.2) is 30.5 Å². The predicted octanol–water partition coefficient (Wildman–Crippen LogP) is 3.12. The number of aromatic nitrogens is 2. The van der Waals surface area contributed by atoms with E-state index in [9.17, 15) is 5.11 Å². The van der Waals surface area contributed by atoms with Crippen molar-refractivity contribution in [2.45, 2.75) is 38.5 Å². The molecule has 1 aromatic heterocycles. The second-order valence-corrected chi connectivity index (χ2v) is 5.42. The maximum Gasteiger partial charge on any atom is 0.134 e. The molecular formula is C17H20N2O. The molecule has 0 saturated heterocycles. The molecule has 1 atom stereocenters. The third kappa shape index (κ3) is 2.46. The number of rotatable bonds is 4. The highest BCUT2D eigenvalue weighted by atomic mass is 16.3. The number of hydrogen-bond acceptors (Lipinski definition) is 3. The summed E-state index contributed by atoms with van der Waals surface area (Å²) in [6.07, 6.45) is 6.28. The van der Waals surface area contributed by atoms with Crippen molar-refractivity contribution >= 4 is 0 Å². The van der Waals surface area contributed by atoms with Crippen LogP contribution in [0.1, 0.15) is 42.6 Å². The summed E-state index contributed by atoms with van der Waals surface area (Å²) < 4.78 is 0. The topological polar surface area (TPSA) is 46.0 Å². The molecule has 3 heteroatoms. The lowest BCUT2D eigenvalue weighted by molar-refractivity contribution is 0.257. The molecule has 1 unspecified atom stereocenters. The van der Waals surface area contributed by atoms with Gasteiger partial charge in [0, 0.05) is 17.7 Å². The van der Waals surface area contributed by atoms with E-state index in [2.05, 4.69) is 28.2 Å². The average molecular weight is 268 g/mol. The summed E-state index contributed by atoms with van der Waals surface area (Å²) in [5, 5.41) is 9.39. The zero-order valence-electron chi connectivity index (χ0n) is 11.8. The maximum absolute atomic E-state index is 9.39. The molecule has 1 aromatic carbocycles. The van der Waals surface area contributed by atoms with E-state index >= 15 is 0 Å². The minimum Gasteiger partial charge on any atom is -0.396 e. The molecule has 2 aromatic rings. The first-order valence-electron chi connectivity index (χ1n) is 7.37. The molecule has 0 saturated carbocycles. The van der Waals surface area contributed by atoms with Gasteiger partial charge in [-0.15, -0.1) is 0 Å². The van der Waals surface area contributed by atoms with Crippen LogP contribution >= 0.6 is 0 Å². The van der Waals surface area contributed by atoms with E-state index in [4.69, 9.17) is 0 Å². The summed E-state index contributed by atoms with van der Waals surface area (Å²) in [4.78, 5) is 8.95. The van der Waals surface area contributed by atoms with E-state index in [1.165, 1.54) is 30.4 Å². The number of fused-ring (bicyclic) bond motifs is 1. The number of aliphatic hydroxyl groups is 1. The van der Waals surface area contributed by atoms with Crippen molar-refractivity contribution in [2.75, 3.05) is 6.61 Å². The van der Waals surface area contributed by atoms with E-state index < -0.39 is 0 Å². The molecule has 0 aliphatic heterocycles. The third-order valence-electron chi connectivity index (χ3n) is 4.15. The molecule has 3 nitrogen and oxygen atoms in total. The summed E-state index contributed by atoms with van der Waals surface area (Å²) in [6, 6.07) is 8.58. The van der Waals surface area contributed by atoms with Gasteiger partial charge in [-0.25, -0.2) is 9.97 Å². The van der Waals surface area contributed by atoms with Gasteiger partial charge in [0.1, 0.15) is 5.82 Å². The second-order valence-electron chi connectivity index (χ2n) is 5.42. The molecule has 1 heterocycles. The lowest BCUT2D eigenvalue weighted by Crippen LogP contribution is -2.08. The van der Waals surface area contributed by atoms with Crippen molar-refractivity contribution in [1.82, 2.24) is 9.97 Å². The standard InChI is InChI=1S/C17H20N2O/c1-2-12(11-20)17-18-9-8-16(19-17)15-7-6-13-4-3-5-14(13)10-15/h6-10,12,20H,2-5,11H2,1H3. The summed E-state index contributed by atoms with van der Waals surface area (Å²) in [5.74, 6) is 0.775. The van der Waals surface area contributed by atoms with Crippen LogP contribution in [0.2, 0.25) is 0 Å². The first kappa shape index (κ1) is 13.3. The molecule has 104 valence electrons. The van der Waals surface area contributed by atoms with E-state index in [1.54, 1.807) is 6.20 Å².